The third-order valence-electron chi connectivity index (χ3n) is 3.52. The first kappa shape index (κ1) is 12.8. The molecule has 0 bridgehead atoms. The van der Waals surface area contributed by atoms with Crippen LogP contribution in [-0.2, 0) is 4.74 Å². The van der Waals surface area contributed by atoms with Gasteiger partial charge in [-0.15, -0.1) is 0 Å². The van der Waals surface area contributed by atoms with Crippen molar-refractivity contribution in [3.8, 4) is 11.5 Å². The molecule has 0 saturated carbocycles. The third kappa shape index (κ3) is 3.01. The maximum absolute atomic E-state index is 6.00. The molecule has 1 saturated heterocycles. The van der Waals surface area contributed by atoms with Crippen molar-refractivity contribution >= 4 is 0 Å². The van der Waals surface area contributed by atoms with Crippen molar-refractivity contribution in [3.63, 3.8) is 0 Å². The van der Waals surface area contributed by atoms with E-state index in [1.165, 1.54) is 0 Å². The number of hydrogen-bond donors (Lipinski definition) is 0. The maximum Gasteiger partial charge on any atom is 0.161 e. The second-order valence-electron chi connectivity index (χ2n) is 5.47. The Labute approximate surface area is 114 Å². The zero-order valence-electron chi connectivity index (χ0n) is 11.5. The molecule has 0 aliphatic carbocycles. The molecule has 4 heteroatoms. The molecule has 1 aromatic rings. The minimum absolute atomic E-state index is 0.104. The van der Waals surface area contributed by atoms with E-state index in [0.717, 1.165) is 31.1 Å². The van der Waals surface area contributed by atoms with E-state index in [-0.39, 0.29) is 6.10 Å². The fraction of sp³-hybridized carbons (Fsp3) is 0.600. The van der Waals surface area contributed by atoms with E-state index < -0.39 is 0 Å². The highest BCUT2D eigenvalue weighted by molar-refractivity contribution is 5.40. The lowest BCUT2D eigenvalue weighted by molar-refractivity contribution is -0.0785. The summed E-state index contributed by atoms with van der Waals surface area (Å²) in [6.07, 6.45) is 0.688. The predicted molar refractivity (Wildman–Crippen MR) is 72.8 cm³/mol. The maximum atomic E-state index is 6.00. The van der Waals surface area contributed by atoms with Gasteiger partial charge in [0.1, 0.15) is 12.7 Å². The Morgan fingerprint density at radius 1 is 1.11 bits per heavy atom. The SMILES string of the molecule is CC1CN(CC2COc3ccccc3O2)CC(C)O1. The molecule has 3 atom stereocenters. The summed E-state index contributed by atoms with van der Waals surface area (Å²) in [4.78, 5) is 2.40. The Morgan fingerprint density at radius 2 is 1.79 bits per heavy atom. The molecule has 1 fully saturated rings. The Morgan fingerprint density at radius 3 is 2.53 bits per heavy atom. The molecule has 1 aromatic carbocycles. The summed E-state index contributed by atoms with van der Waals surface area (Å²) in [5, 5.41) is 0. The molecule has 0 amide bonds. The molecule has 0 aromatic heterocycles. The largest absolute Gasteiger partial charge is 0.486 e. The average molecular weight is 263 g/mol. The van der Waals surface area contributed by atoms with Crippen LogP contribution in [0.3, 0.4) is 0 Å². The zero-order valence-corrected chi connectivity index (χ0v) is 11.5. The minimum atomic E-state index is 0.104. The van der Waals surface area contributed by atoms with Gasteiger partial charge in [0, 0.05) is 19.6 Å². The number of morpholine rings is 1. The van der Waals surface area contributed by atoms with E-state index in [1.807, 2.05) is 24.3 Å². The summed E-state index contributed by atoms with van der Waals surface area (Å²) in [6.45, 7) is 7.69. The van der Waals surface area contributed by atoms with E-state index in [4.69, 9.17) is 14.2 Å². The highest BCUT2D eigenvalue weighted by Gasteiger charge is 2.27. The monoisotopic (exact) mass is 263 g/mol. The van der Waals surface area contributed by atoms with Crippen LogP contribution in [0.5, 0.6) is 11.5 Å². The Hall–Kier alpha value is -1.26. The van der Waals surface area contributed by atoms with E-state index >= 15 is 0 Å². The number of rotatable bonds is 2. The molecule has 0 spiro atoms. The molecule has 4 nitrogen and oxygen atoms in total. The Kier molecular flexibility index (Phi) is 3.62. The highest BCUT2D eigenvalue weighted by atomic mass is 16.6. The third-order valence-corrected chi connectivity index (χ3v) is 3.52. The van der Waals surface area contributed by atoms with Gasteiger partial charge in [0.25, 0.3) is 0 Å². The van der Waals surface area contributed by atoms with Gasteiger partial charge in [-0.25, -0.2) is 0 Å². The van der Waals surface area contributed by atoms with Gasteiger partial charge < -0.3 is 14.2 Å². The van der Waals surface area contributed by atoms with Crippen molar-refractivity contribution in [2.45, 2.75) is 32.2 Å². The van der Waals surface area contributed by atoms with Crippen LogP contribution < -0.4 is 9.47 Å². The number of fused-ring (bicyclic) bond motifs is 1. The lowest BCUT2D eigenvalue weighted by Gasteiger charge is -2.38. The minimum Gasteiger partial charge on any atom is -0.486 e. The normalized spacial score (nSPS) is 31.2. The summed E-state index contributed by atoms with van der Waals surface area (Å²) >= 11 is 0. The van der Waals surface area contributed by atoms with Crippen LogP contribution in [0, 0.1) is 0 Å². The topological polar surface area (TPSA) is 30.9 Å². The Bertz CT molecular complexity index is 427. The number of hydrogen-bond acceptors (Lipinski definition) is 4. The van der Waals surface area contributed by atoms with E-state index in [1.54, 1.807) is 0 Å². The fourth-order valence-electron chi connectivity index (χ4n) is 2.87. The first-order valence-corrected chi connectivity index (χ1v) is 6.97. The summed E-state index contributed by atoms with van der Waals surface area (Å²) in [6, 6.07) is 7.85. The van der Waals surface area contributed by atoms with E-state index in [2.05, 4.69) is 18.7 Å². The molecule has 104 valence electrons. The zero-order chi connectivity index (χ0) is 13.2. The van der Waals surface area contributed by atoms with Crippen LogP contribution in [0.2, 0.25) is 0 Å². The fourth-order valence-corrected chi connectivity index (χ4v) is 2.87. The van der Waals surface area contributed by atoms with Crippen LogP contribution in [0.4, 0.5) is 0 Å². The summed E-state index contributed by atoms with van der Waals surface area (Å²) in [5.74, 6) is 1.70. The van der Waals surface area contributed by atoms with Crippen molar-refractivity contribution < 1.29 is 14.2 Å². The number of para-hydroxylation sites is 2. The molecule has 0 N–H and O–H groups in total. The lowest BCUT2D eigenvalue weighted by atomic mass is 10.2. The highest BCUT2D eigenvalue weighted by Crippen LogP contribution is 2.31. The molecular formula is C15H21NO3. The van der Waals surface area contributed by atoms with Gasteiger partial charge in [-0.3, -0.25) is 4.90 Å². The van der Waals surface area contributed by atoms with Crippen molar-refractivity contribution in [2.24, 2.45) is 0 Å². The van der Waals surface area contributed by atoms with Crippen LogP contribution in [0.25, 0.3) is 0 Å². The van der Waals surface area contributed by atoms with Gasteiger partial charge in [0.05, 0.1) is 12.2 Å². The van der Waals surface area contributed by atoms with Gasteiger partial charge in [-0.2, -0.15) is 0 Å². The summed E-state index contributed by atoms with van der Waals surface area (Å²) < 4.78 is 17.5. The molecule has 2 heterocycles. The standard InChI is InChI=1S/C15H21NO3/c1-11-7-16(8-12(2)18-11)9-13-10-17-14-5-3-4-6-15(14)19-13/h3-6,11-13H,7-10H2,1-2H3. The summed E-state index contributed by atoms with van der Waals surface area (Å²) in [7, 11) is 0. The van der Waals surface area contributed by atoms with Crippen LogP contribution in [0.15, 0.2) is 24.3 Å². The van der Waals surface area contributed by atoms with Crippen LogP contribution >= 0.6 is 0 Å². The first-order valence-electron chi connectivity index (χ1n) is 6.97. The van der Waals surface area contributed by atoms with Crippen molar-refractivity contribution in [1.29, 1.82) is 0 Å². The molecule has 3 unspecified atom stereocenters. The Balaban J connectivity index is 1.60. The van der Waals surface area contributed by atoms with Gasteiger partial charge in [0.15, 0.2) is 11.5 Å². The quantitative estimate of drug-likeness (QED) is 0.816. The van der Waals surface area contributed by atoms with E-state index in [9.17, 15) is 0 Å². The average Bonchev–Trinajstić information content (AvgIpc) is 2.37. The molecule has 3 rings (SSSR count). The summed E-state index contributed by atoms with van der Waals surface area (Å²) in [5.41, 5.74) is 0. The van der Waals surface area contributed by atoms with Crippen molar-refractivity contribution in [1.82, 2.24) is 4.90 Å². The molecule has 0 radical (unpaired) electrons. The lowest BCUT2D eigenvalue weighted by Crippen LogP contribution is -2.50. The van der Waals surface area contributed by atoms with E-state index in [0.29, 0.717) is 18.8 Å². The second-order valence-corrected chi connectivity index (χ2v) is 5.47. The molecule has 2 aliphatic heterocycles. The number of ether oxygens (including phenoxy) is 3. The van der Waals surface area contributed by atoms with Crippen LogP contribution in [-0.4, -0.2) is 49.5 Å². The van der Waals surface area contributed by atoms with Crippen molar-refractivity contribution in [3.05, 3.63) is 24.3 Å². The molecule has 19 heavy (non-hydrogen) atoms. The van der Waals surface area contributed by atoms with Gasteiger partial charge >= 0.3 is 0 Å². The van der Waals surface area contributed by atoms with Gasteiger partial charge in [0.2, 0.25) is 0 Å². The van der Waals surface area contributed by atoms with Gasteiger partial charge in [-0.1, -0.05) is 12.1 Å². The predicted octanol–water partition coefficient (Wildman–Crippen LogP) is 1.94. The second kappa shape index (κ2) is 5.39. The smallest absolute Gasteiger partial charge is 0.161 e. The van der Waals surface area contributed by atoms with Gasteiger partial charge in [-0.05, 0) is 26.0 Å². The van der Waals surface area contributed by atoms with Crippen LogP contribution in [0.1, 0.15) is 13.8 Å². The first-order chi connectivity index (χ1) is 9.20. The molecule has 2 aliphatic rings. The number of benzene rings is 1. The molecular weight excluding hydrogens is 242 g/mol. The number of nitrogens with zero attached hydrogens (tertiary/aromatic N) is 1. The van der Waals surface area contributed by atoms with Crippen molar-refractivity contribution in [2.75, 3.05) is 26.2 Å².